The fourth-order valence-corrected chi connectivity index (χ4v) is 3.89. The van der Waals surface area contributed by atoms with E-state index in [1.165, 1.54) is 35.0 Å². The van der Waals surface area contributed by atoms with Crippen LogP contribution in [0.4, 0.5) is 10.1 Å². The minimum absolute atomic E-state index is 0.0986. The van der Waals surface area contributed by atoms with Crippen LogP contribution in [0.1, 0.15) is 15.9 Å². The summed E-state index contributed by atoms with van der Waals surface area (Å²) in [6, 6.07) is 18.6. The molecule has 9 heteroatoms. The van der Waals surface area contributed by atoms with Gasteiger partial charge in [0.25, 0.3) is 5.91 Å². The molecule has 0 saturated carbocycles. The molecule has 4 aromatic rings. The first-order chi connectivity index (χ1) is 15.7. The highest BCUT2D eigenvalue weighted by molar-refractivity contribution is 7.90. The summed E-state index contributed by atoms with van der Waals surface area (Å²) < 4.78 is 38.7. The van der Waals surface area contributed by atoms with Crippen molar-refractivity contribution in [2.45, 2.75) is 11.5 Å². The van der Waals surface area contributed by atoms with E-state index in [-0.39, 0.29) is 17.1 Å². The van der Waals surface area contributed by atoms with Crippen molar-refractivity contribution in [3.63, 3.8) is 0 Å². The van der Waals surface area contributed by atoms with Gasteiger partial charge in [-0.05, 0) is 48.0 Å². The lowest BCUT2D eigenvalue weighted by Gasteiger charge is -2.06. The first-order valence-corrected chi connectivity index (χ1v) is 11.8. The molecule has 0 spiro atoms. The van der Waals surface area contributed by atoms with Crippen LogP contribution in [0.3, 0.4) is 0 Å². The molecule has 0 radical (unpaired) electrons. The van der Waals surface area contributed by atoms with Crippen molar-refractivity contribution in [2.75, 3.05) is 11.6 Å². The fourth-order valence-electron chi connectivity index (χ4n) is 3.26. The molecule has 1 aromatic heterocycles. The Morgan fingerprint density at radius 1 is 1.06 bits per heavy atom. The number of hydrogen-bond donors (Lipinski definition) is 2. The average molecular weight is 466 g/mol. The lowest BCUT2D eigenvalue weighted by atomic mass is 10.1. The van der Waals surface area contributed by atoms with Gasteiger partial charge in [0.2, 0.25) is 0 Å². The lowest BCUT2D eigenvalue weighted by Crippen LogP contribution is -2.12. The Kier molecular flexibility index (Phi) is 6.08. The summed E-state index contributed by atoms with van der Waals surface area (Å²) in [6.07, 6.45) is 2.66. The molecular formula is C24H20FN3O4S. The number of halogens is 1. The second-order valence-electron chi connectivity index (χ2n) is 7.42. The quantitative estimate of drug-likeness (QED) is 0.451. The van der Waals surface area contributed by atoms with Gasteiger partial charge in [0.1, 0.15) is 11.5 Å². The third kappa shape index (κ3) is 5.00. The molecule has 3 aromatic carbocycles. The SMILES string of the molecule is CS(=O)(=O)c1ccc(-c2nn(-c3ccc(CO)cc3)cc2C(=O)Nc2cccc(F)c2)cc1. The predicted molar refractivity (Wildman–Crippen MR) is 122 cm³/mol. The van der Waals surface area contributed by atoms with Gasteiger partial charge in [-0.1, -0.05) is 30.3 Å². The predicted octanol–water partition coefficient (Wildman–Crippen LogP) is 3.83. The summed E-state index contributed by atoms with van der Waals surface area (Å²) in [5.74, 6) is -0.981. The Morgan fingerprint density at radius 2 is 1.76 bits per heavy atom. The Labute approximate surface area is 190 Å². The number of aromatic nitrogens is 2. The second-order valence-corrected chi connectivity index (χ2v) is 9.44. The topological polar surface area (TPSA) is 101 Å². The van der Waals surface area contributed by atoms with Gasteiger partial charge in [-0.3, -0.25) is 4.79 Å². The van der Waals surface area contributed by atoms with Gasteiger partial charge in [-0.25, -0.2) is 17.5 Å². The molecule has 0 bridgehead atoms. The molecule has 0 aliphatic heterocycles. The van der Waals surface area contributed by atoms with E-state index < -0.39 is 21.6 Å². The smallest absolute Gasteiger partial charge is 0.259 e. The Balaban J connectivity index is 1.77. The zero-order valence-electron chi connectivity index (χ0n) is 17.6. The number of rotatable bonds is 6. The Hall–Kier alpha value is -3.82. The van der Waals surface area contributed by atoms with E-state index >= 15 is 0 Å². The number of carbonyl (C=O) groups excluding carboxylic acids is 1. The highest BCUT2D eigenvalue weighted by atomic mass is 32.2. The molecule has 0 saturated heterocycles. The third-order valence-corrected chi connectivity index (χ3v) is 6.11. The van der Waals surface area contributed by atoms with Gasteiger partial charge in [0.05, 0.1) is 22.8 Å². The van der Waals surface area contributed by atoms with E-state index in [9.17, 15) is 22.7 Å². The summed E-state index contributed by atoms with van der Waals surface area (Å²) >= 11 is 0. The number of nitrogens with zero attached hydrogens (tertiary/aromatic N) is 2. The molecule has 1 heterocycles. The fraction of sp³-hybridized carbons (Fsp3) is 0.0833. The van der Waals surface area contributed by atoms with E-state index in [4.69, 9.17) is 0 Å². The molecule has 168 valence electrons. The number of anilines is 1. The highest BCUT2D eigenvalue weighted by Gasteiger charge is 2.20. The van der Waals surface area contributed by atoms with Gasteiger partial charge in [-0.2, -0.15) is 5.10 Å². The number of hydrogen-bond acceptors (Lipinski definition) is 5. The van der Waals surface area contributed by atoms with Crippen LogP contribution in [0.5, 0.6) is 0 Å². The van der Waals surface area contributed by atoms with Crippen molar-refractivity contribution < 1.29 is 22.7 Å². The highest BCUT2D eigenvalue weighted by Crippen LogP contribution is 2.26. The van der Waals surface area contributed by atoms with Crippen molar-refractivity contribution in [3.05, 3.63) is 95.9 Å². The normalized spacial score (nSPS) is 11.4. The molecule has 0 aliphatic rings. The third-order valence-electron chi connectivity index (χ3n) is 4.98. The standard InChI is InChI=1S/C24H20FN3O4S/c1-33(31,32)21-11-7-17(8-12-21)23-22(24(30)26-19-4-2-3-18(25)13-19)14-28(27-23)20-9-5-16(15-29)6-10-20/h2-14,29H,15H2,1H3,(H,26,30). The van der Waals surface area contributed by atoms with Crippen LogP contribution in [-0.2, 0) is 16.4 Å². The number of benzene rings is 3. The van der Waals surface area contributed by atoms with Crippen LogP contribution in [-0.4, -0.2) is 35.5 Å². The minimum Gasteiger partial charge on any atom is -0.392 e. The van der Waals surface area contributed by atoms with Crippen molar-refractivity contribution in [1.82, 2.24) is 9.78 Å². The molecule has 0 aliphatic carbocycles. The molecule has 7 nitrogen and oxygen atoms in total. The Morgan fingerprint density at radius 3 is 2.36 bits per heavy atom. The van der Waals surface area contributed by atoms with Crippen molar-refractivity contribution in [3.8, 4) is 16.9 Å². The maximum absolute atomic E-state index is 13.6. The number of aliphatic hydroxyl groups excluding tert-OH is 1. The number of amides is 1. The van der Waals surface area contributed by atoms with Crippen LogP contribution < -0.4 is 5.32 Å². The first kappa shape index (κ1) is 22.4. The number of carbonyl (C=O) groups is 1. The minimum atomic E-state index is -3.38. The average Bonchev–Trinajstić information content (AvgIpc) is 3.24. The number of aliphatic hydroxyl groups is 1. The largest absolute Gasteiger partial charge is 0.392 e. The van der Waals surface area contributed by atoms with Crippen LogP contribution in [0.2, 0.25) is 0 Å². The van der Waals surface area contributed by atoms with Gasteiger partial charge in [0, 0.05) is 23.7 Å². The molecular weight excluding hydrogens is 445 g/mol. The van der Waals surface area contributed by atoms with Crippen LogP contribution >= 0.6 is 0 Å². The maximum atomic E-state index is 13.6. The van der Waals surface area contributed by atoms with Crippen LogP contribution in [0.25, 0.3) is 16.9 Å². The number of nitrogens with one attached hydrogen (secondary N) is 1. The van der Waals surface area contributed by atoms with Crippen LogP contribution in [0.15, 0.2) is 83.9 Å². The zero-order chi connectivity index (χ0) is 23.6. The van der Waals surface area contributed by atoms with E-state index in [0.29, 0.717) is 22.6 Å². The van der Waals surface area contributed by atoms with Gasteiger partial charge >= 0.3 is 0 Å². The zero-order valence-corrected chi connectivity index (χ0v) is 18.4. The molecule has 0 fully saturated rings. The van der Waals surface area contributed by atoms with E-state index in [1.54, 1.807) is 48.7 Å². The van der Waals surface area contributed by atoms with Crippen molar-refractivity contribution >= 4 is 21.4 Å². The molecule has 0 atom stereocenters. The summed E-state index contributed by atoms with van der Waals surface area (Å²) in [5, 5.41) is 16.5. The van der Waals surface area contributed by atoms with E-state index in [2.05, 4.69) is 10.4 Å². The van der Waals surface area contributed by atoms with E-state index in [1.807, 2.05) is 0 Å². The second kappa shape index (κ2) is 8.97. The maximum Gasteiger partial charge on any atom is 0.259 e. The summed E-state index contributed by atoms with van der Waals surface area (Å²) in [5.41, 5.74) is 2.77. The number of sulfone groups is 1. The molecule has 33 heavy (non-hydrogen) atoms. The van der Waals surface area contributed by atoms with Gasteiger partial charge in [-0.15, -0.1) is 0 Å². The van der Waals surface area contributed by atoms with Gasteiger partial charge < -0.3 is 10.4 Å². The van der Waals surface area contributed by atoms with Crippen molar-refractivity contribution in [2.24, 2.45) is 0 Å². The first-order valence-electron chi connectivity index (χ1n) is 9.92. The molecule has 2 N–H and O–H groups in total. The molecule has 0 unspecified atom stereocenters. The lowest BCUT2D eigenvalue weighted by molar-refractivity contribution is 0.102. The summed E-state index contributed by atoms with van der Waals surface area (Å²) in [4.78, 5) is 13.2. The van der Waals surface area contributed by atoms with Crippen molar-refractivity contribution in [1.29, 1.82) is 0 Å². The monoisotopic (exact) mass is 465 g/mol. The van der Waals surface area contributed by atoms with Crippen LogP contribution in [0, 0.1) is 5.82 Å². The van der Waals surface area contributed by atoms with E-state index in [0.717, 1.165) is 11.8 Å². The Bertz CT molecular complexity index is 1410. The molecule has 4 rings (SSSR count). The van der Waals surface area contributed by atoms with Gasteiger partial charge in [0.15, 0.2) is 9.84 Å². The molecule has 1 amide bonds. The summed E-state index contributed by atoms with van der Waals surface area (Å²) in [6.45, 7) is -0.0986. The summed E-state index contributed by atoms with van der Waals surface area (Å²) in [7, 11) is -3.38.